The molecule has 0 saturated carbocycles. The van der Waals surface area contributed by atoms with Crippen LogP contribution in [0.15, 0.2) is 18.2 Å². The van der Waals surface area contributed by atoms with Crippen molar-refractivity contribution < 1.29 is 9.90 Å². The lowest BCUT2D eigenvalue weighted by Crippen LogP contribution is -2.38. The molecule has 0 bridgehead atoms. The Labute approximate surface area is 106 Å². The number of nitrogens with two attached hydrogens (primary N) is 1. The number of hydrogen-bond donors (Lipinski definition) is 3. The van der Waals surface area contributed by atoms with Crippen LogP contribution in [0.25, 0.3) is 0 Å². The van der Waals surface area contributed by atoms with Crippen molar-refractivity contribution in [1.82, 2.24) is 5.32 Å². The highest BCUT2D eigenvalue weighted by molar-refractivity contribution is 6.31. The largest absolute Gasteiger partial charge is 0.398 e. The average molecular weight is 257 g/mol. The summed E-state index contributed by atoms with van der Waals surface area (Å²) in [5, 5.41) is 12.3. The molecule has 17 heavy (non-hydrogen) atoms. The van der Waals surface area contributed by atoms with Gasteiger partial charge in [0.2, 0.25) is 0 Å². The second-order valence-electron chi connectivity index (χ2n) is 4.15. The molecule has 4 N–H and O–H groups in total. The zero-order valence-corrected chi connectivity index (χ0v) is 10.7. The van der Waals surface area contributed by atoms with Gasteiger partial charge in [-0.2, -0.15) is 0 Å². The van der Waals surface area contributed by atoms with Crippen molar-refractivity contribution in [3.05, 3.63) is 28.8 Å². The number of benzene rings is 1. The Bertz CT molecular complexity index is 409. The summed E-state index contributed by atoms with van der Waals surface area (Å²) in [5.41, 5.74) is 6.45. The molecule has 0 radical (unpaired) electrons. The minimum atomic E-state index is -0.257. The number of nitrogen functional groups attached to an aromatic ring is 1. The van der Waals surface area contributed by atoms with Crippen molar-refractivity contribution in [3.63, 3.8) is 0 Å². The van der Waals surface area contributed by atoms with Gasteiger partial charge in [0, 0.05) is 23.4 Å². The van der Waals surface area contributed by atoms with Gasteiger partial charge in [0.05, 0.1) is 5.56 Å². The molecular weight excluding hydrogens is 240 g/mol. The summed E-state index contributed by atoms with van der Waals surface area (Å²) in [4.78, 5) is 11.9. The van der Waals surface area contributed by atoms with Gasteiger partial charge in [0.15, 0.2) is 0 Å². The summed E-state index contributed by atoms with van der Waals surface area (Å²) in [5.74, 6) is -0.264. The van der Waals surface area contributed by atoms with E-state index in [0.29, 0.717) is 16.3 Å². The Morgan fingerprint density at radius 1 is 1.53 bits per heavy atom. The number of carbonyl (C=O) groups excluding carboxylic acids is 1. The van der Waals surface area contributed by atoms with Crippen LogP contribution in [0.2, 0.25) is 5.02 Å². The first-order valence-corrected chi connectivity index (χ1v) is 5.80. The van der Waals surface area contributed by atoms with Crippen LogP contribution < -0.4 is 11.1 Å². The third-order valence-corrected chi connectivity index (χ3v) is 2.99. The number of amides is 1. The molecule has 1 rings (SSSR count). The zero-order chi connectivity index (χ0) is 13.0. The van der Waals surface area contributed by atoms with Crippen molar-refractivity contribution >= 4 is 23.2 Å². The Balaban J connectivity index is 2.76. The Kier molecular flexibility index (Phi) is 4.78. The minimum absolute atomic E-state index is 0.00697. The topological polar surface area (TPSA) is 75.3 Å². The molecule has 0 aliphatic rings. The Morgan fingerprint density at radius 2 is 2.18 bits per heavy atom. The van der Waals surface area contributed by atoms with E-state index in [0.717, 1.165) is 0 Å². The van der Waals surface area contributed by atoms with Crippen molar-refractivity contribution in [1.29, 1.82) is 0 Å². The second-order valence-corrected chi connectivity index (χ2v) is 4.59. The molecule has 0 aliphatic heterocycles. The molecule has 0 aromatic heterocycles. The highest BCUT2D eigenvalue weighted by atomic mass is 35.5. The quantitative estimate of drug-likeness (QED) is 0.718. The lowest BCUT2D eigenvalue weighted by Gasteiger charge is -2.19. The summed E-state index contributed by atoms with van der Waals surface area (Å²) < 4.78 is 0. The maximum absolute atomic E-state index is 11.9. The number of aliphatic hydroxyl groups is 1. The van der Waals surface area contributed by atoms with Crippen LogP contribution in [-0.2, 0) is 0 Å². The van der Waals surface area contributed by atoms with E-state index in [2.05, 4.69) is 5.32 Å². The summed E-state index contributed by atoms with van der Waals surface area (Å²) in [7, 11) is 0. The second kappa shape index (κ2) is 5.89. The van der Waals surface area contributed by atoms with E-state index in [9.17, 15) is 4.79 Å². The van der Waals surface area contributed by atoms with Crippen molar-refractivity contribution in [2.45, 2.75) is 19.9 Å². The van der Waals surface area contributed by atoms with Crippen LogP contribution in [0.1, 0.15) is 24.2 Å². The van der Waals surface area contributed by atoms with Gasteiger partial charge in [0.1, 0.15) is 0 Å². The van der Waals surface area contributed by atoms with E-state index < -0.39 is 0 Å². The number of rotatable bonds is 4. The van der Waals surface area contributed by atoms with Crippen LogP contribution in [0, 0.1) is 5.92 Å². The molecule has 0 heterocycles. The maximum Gasteiger partial charge on any atom is 0.253 e. The third-order valence-electron chi connectivity index (χ3n) is 2.76. The highest BCUT2D eigenvalue weighted by Crippen LogP contribution is 2.18. The van der Waals surface area contributed by atoms with Crippen molar-refractivity contribution in [2.24, 2.45) is 5.92 Å². The van der Waals surface area contributed by atoms with Crippen molar-refractivity contribution in [2.75, 3.05) is 12.3 Å². The fourth-order valence-electron chi connectivity index (χ4n) is 1.33. The molecular formula is C12H17ClN2O2. The van der Waals surface area contributed by atoms with Crippen LogP contribution >= 0.6 is 11.6 Å². The molecule has 2 atom stereocenters. The summed E-state index contributed by atoms with van der Waals surface area (Å²) in [6.45, 7) is 3.72. The first kappa shape index (κ1) is 13.8. The van der Waals surface area contributed by atoms with E-state index in [1.807, 2.05) is 13.8 Å². The van der Waals surface area contributed by atoms with Gasteiger partial charge >= 0.3 is 0 Å². The van der Waals surface area contributed by atoms with Gasteiger partial charge in [0.25, 0.3) is 5.91 Å². The average Bonchev–Trinajstić information content (AvgIpc) is 2.27. The first-order valence-electron chi connectivity index (χ1n) is 5.42. The van der Waals surface area contributed by atoms with E-state index in [4.69, 9.17) is 22.4 Å². The molecule has 5 heteroatoms. The lowest BCUT2D eigenvalue weighted by atomic mass is 10.0. The number of anilines is 1. The molecule has 0 aliphatic carbocycles. The third kappa shape index (κ3) is 3.61. The number of hydrogen-bond acceptors (Lipinski definition) is 3. The first-order chi connectivity index (χ1) is 7.95. The van der Waals surface area contributed by atoms with Crippen molar-refractivity contribution in [3.8, 4) is 0 Å². The highest BCUT2D eigenvalue weighted by Gasteiger charge is 2.16. The minimum Gasteiger partial charge on any atom is -0.398 e. The van der Waals surface area contributed by atoms with Gasteiger partial charge < -0.3 is 16.2 Å². The Morgan fingerprint density at radius 3 is 2.71 bits per heavy atom. The van der Waals surface area contributed by atoms with Crippen LogP contribution in [-0.4, -0.2) is 23.7 Å². The molecule has 0 fully saturated rings. The van der Waals surface area contributed by atoms with E-state index in [-0.39, 0.29) is 24.5 Å². The smallest absolute Gasteiger partial charge is 0.253 e. The molecule has 1 aromatic carbocycles. The summed E-state index contributed by atoms with van der Waals surface area (Å²) in [6, 6.07) is 4.62. The van der Waals surface area contributed by atoms with Gasteiger partial charge in [-0.15, -0.1) is 0 Å². The van der Waals surface area contributed by atoms with E-state index in [1.165, 1.54) is 6.07 Å². The fraction of sp³-hybridized carbons (Fsp3) is 0.417. The normalized spacial score (nSPS) is 14.1. The van der Waals surface area contributed by atoms with Gasteiger partial charge in [-0.05, 0) is 31.0 Å². The Hall–Kier alpha value is -1.26. The van der Waals surface area contributed by atoms with Gasteiger partial charge in [-0.3, -0.25) is 4.79 Å². The maximum atomic E-state index is 11.9. The summed E-state index contributed by atoms with van der Waals surface area (Å²) in [6.07, 6.45) is 0. The molecule has 94 valence electrons. The standard InChI is InChI=1S/C12H17ClN2O2/c1-7(6-16)8(2)15-12(17)10-4-3-9(13)5-11(10)14/h3-5,7-8,16H,6,14H2,1-2H3,(H,15,17). The van der Waals surface area contributed by atoms with E-state index >= 15 is 0 Å². The predicted octanol–water partition coefficient (Wildman–Crippen LogP) is 1.67. The number of halogens is 1. The zero-order valence-electron chi connectivity index (χ0n) is 9.90. The molecule has 1 amide bonds. The van der Waals surface area contributed by atoms with Crippen LogP contribution in [0.5, 0.6) is 0 Å². The summed E-state index contributed by atoms with van der Waals surface area (Å²) >= 11 is 5.76. The van der Waals surface area contributed by atoms with Crippen LogP contribution in [0.4, 0.5) is 5.69 Å². The molecule has 4 nitrogen and oxygen atoms in total. The molecule has 1 aromatic rings. The van der Waals surface area contributed by atoms with Gasteiger partial charge in [-0.25, -0.2) is 0 Å². The molecule has 2 unspecified atom stereocenters. The monoisotopic (exact) mass is 256 g/mol. The van der Waals surface area contributed by atoms with Crippen LogP contribution in [0.3, 0.4) is 0 Å². The van der Waals surface area contributed by atoms with Gasteiger partial charge in [-0.1, -0.05) is 18.5 Å². The number of aliphatic hydroxyl groups excluding tert-OH is 1. The number of nitrogens with one attached hydrogen (secondary N) is 1. The van der Waals surface area contributed by atoms with E-state index in [1.54, 1.807) is 12.1 Å². The molecule has 0 saturated heterocycles. The fourth-order valence-corrected chi connectivity index (χ4v) is 1.51. The SMILES string of the molecule is CC(CO)C(C)NC(=O)c1ccc(Cl)cc1N. The number of carbonyl (C=O) groups is 1. The predicted molar refractivity (Wildman–Crippen MR) is 69.0 cm³/mol. The molecule has 0 spiro atoms. The lowest BCUT2D eigenvalue weighted by molar-refractivity contribution is 0.0917.